The van der Waals surface area contributed by atoms with Gasteiger partial charge >= 0.3 is 0 Å². The average molecular weight is 322 g/mol. The molecule has 1 fully saturated rings. The van der Waals surface area contributed by atoms with Crippen molar-refractivity contribution in [3.63, 3.8) is 0 Å². The molecule has 0 atom stereocenters. The quantitative estimate of drug-likeness (QED) is 0.937. The Kier molecular flexibility index (Phi) is 4.41. The lowest BCUT2D eigenvalue weighted by Crippen LogP contribution is -2.39. The molecule has 0 unspecified atom stereocenters. The van der Waals surface area contributed by atoms with Crippen LogP contribution in [0.25, 0.3) is 11.0 Å². The molecule has 0 spiro atoms. The van der Waals surface area contributed by atoms with Gasteiger partial charge in [-0.2, -0.15) is 0 Å². The number of rotatable bonds is 3. The number of halogens is 1. The smallest absolute Gasteiger partial charge is 0.289 e. The molecule has 0 radical (unpaired) electrons. The number of aliphatic hydroxyl groups is 1. The first-order valence-electron chi connectivity index (χ1n) is 7.66. The number of para-hydroxylation sites is 1. The first kappa shape index (κ1) is 15.4. The molecule has 1 N–H and O–H groups in total. The number of carbonyl (C=O) groups is 1. The summed E-state index contributed by atoms with van der Waals surface area (Å²) >= 11 is 6.09. The third-order valence-electron chi connectivity index (χ3n) is 4.65. The Labute approximate surface area is 134 Å². The van der Waals surface area contributed by atoms with Crippen LogP contribution in [-0.2, 0) is 0 Å². The molecule has 0 bridgehead atoms. The van der Waals surface area contributed by atoms with E-state index in [1.807, 2.05) is 19.2 Å². The minimum Gasteiger partial charge on any atom is -0.449 e. The van der Waals surface area contributed by atoms with Crippen LogP contribution in [0.1, 0.15) is 36.2 Å². The summed E-state index contributed by atoms with van der Waals surface area (Å²) in [5, 5.41) is 10.6. The van der Waals surface area contributed by atoms with E-state index in [0.29, 0.717) is 22.3 Å². The Morgan fingerprint density at radius 3 is 2.73 bits per heavy atom. The molecule has 3 rings (SSSR count). The van der Waals surface area contributed by atoms with E-state index in [9.17, 15) is 9.90 Å². The maximum Gasteiger partial charge on any atom is 0.289 e. The van der Waals surface area contributed by atoms with Crippen molar-refractivity contribution in [1.82, 2.24) is 4.90 Å². The SMILES string of the molecule is CN(C(=O)c1cc2cccc(Cl)c2o1)C1CCC(CO)CC1. The van der Waals surface area contributed by atoms with Gasteiger partial charge in [0.05, 0.1) is 5.02 Å². The molecule has 1 aliphatic carbocycles. The van der Waals surface area contributed by atoms with Gasteiger partial charge in [-0.15, -0.1) is 0 Å². The number of furan rings is 1. The number of nitrogens with zero attached hydrogens (tertiary/aromatic N) is 1. The van der Waals surface area contributed by atoms with E-state index in [4.69, 9.17) is 16.0 Å². The van der Waals surface area contributed by atoms with Crippen LogP contribution in [0.3, 0.4) is 0 Å². The monoisotopic (exact) mass is 321 g/mol. The van der Waals surface area contributed by atoms with Gasteiger partial charge < -0.3 is 14.4 Å². The molecule has 1 saturated carbocycles. The van der Waals surface area contributed by atoms with Crippen LogP contribution in [-0.4, -0.2) is 35.6 Å². The molecule has 0 saturated heterocycles. The zero-order valence-electron chi connectivity index (χ0n) is 12.6. The standard InChI is InChI=1S/C17H20ClNO3/c1-19(13-7-5-11(10-20)6-8-13)17(21)15-9-12-3-2-4-14(18)16(12)22-15/h2-4,9,11,13,20H,5-8,10H2,1H3. The maximum atomic E-state index is 12.6. The van der Waals surface area contributed by atoms with Gasteiger partial charge in [0.25, 0.3) is 5.91 Å². The van der Waals surface area contributed by atoms with Crippen molar-refractivity contribution in [2.24, 2.45) is 5.92 Å². The molecule has 5 heteroatoms. The van der Waals surface area contributed by atoms with Crippen LogP contribution in [0.2, 0.25) is 5.02 Å². The van der Waals surface area contributed by atoms with Gasteiger partial charge in [0.15, 0.2) is 11.3 Å². The second-order valence-electron chi connectivity index (χ2n) is 6.04. The zero-order chi connectivity index (χ0) is 15.7. The molecule has 2 aromatic rings. The molecular formula is C17H20ClNO3. The lowest BCUT2D eigenvalue weighted by atomic mass is 9.86. The van der Waals surface area contributed by atoms with Crippen LogP contribution in [0.15, 0.2) is 28.7 Å². The third kappa shape index (κ3) is 2.85. The Morgan fingerprint density at radius 1 is 1.36 bits per heavy atom. The highest BCUT2D eigenvalue weighted by Crippen LogP contribution is 2.30. The van der Waals surface area contributed by atoms with E-state index >= 15 is 0 Å². The molecule has 1 aliphatic rings. The summed E-state index contributed by atoms with van der Waals surface area (Å²) in [7, 11) is 1.82. The van der Waals surface area contributed by atoms with Crippen LogP contribution >= 0.6 is 11.6 Å². The normalized spacial score (nSPS) is 22.0. The van der Waals surface area contributed by atoms with Crippen molar-refractivity contribution in [2.45, 2.75) is 31.7 Å². The third-order valence-corrected chi connectivity index (χ3v) is 4.95. The number of hydrogen-bond donors (Lipinski definition) is 1. The number of aliphatic hydroxyl groups excluding tert-OH is 1. The lowest BCUT2D eigenvalue weighted by Gasteiger charge is -2.33. The van der Waals surface area contributed by atoms with Gasteiger partial charge in [-0.1, -0.05) is 23.7 Å². The zero-order valence-corrected chi connectivity index (χ0v) is 13.3. The maximum absolute atomic E-state index is 12.6. The van der Waals surface area contributed by atoms with Crippen LogP contribution in [0, 0.1) is 5.92 Å². The Balaban J connectivity index is 1.76. The molecule has 1 amide bonds. The van der Waals surface area contributed by atoms with Crippen LogP contribution in [0.5, 0.6) is 0 Å². The molecule has 22 heavy (non-hydrogen) atoms. The van der Waals surface area contributed by atoms with Crippen molar-refractivity contribution in [1.29, 1.82) is 0 Å². The first-order chi connectivity index (χ1) is 10.6. The fraction of sp³-hybridized carbons (Fsp3) is 0.471. The van der Waals surface area contributed by atoms with Gasteiger partial charge in [0.1, 0.15) is 0 Å². The summed E-state index contributed by atoms with van der Waals surface area (Å²) in [6.45, 7) is 0.243. The number of hydrogen-bond acceptors (Lipinski definition) is 3. The molecule has 0 aliphatic heterocycles. The Morgan fingerprint density at radius 2 is 2.09 bits per heavy atom. The van der Waals surface area contributed by atoms with Crippen molar-refractivity contribution in [3.05, 3.63) is 35.0 Å². The van der Waals surface area contributed by atoms with Crippen molar-refractivity contribution >= 4 is 28.5 Å². The van der Waals surface area contributed by atoms with E-state index in [-0.39, 0.29) is 18.6 Å². The summed E-state index contributed by atoms with van der Waals surface area (Å²) in [6.07, 6.45) is 3.78. The predicted octanol–water partition coefficient (Wildman–Crippen LogP) is 3.71. The Hall–Kier alpha value is -1.52. The molecule has 1 heterocycles. The van der Waals surface area contributed by atoms with E-state index < -0.39 is 0 Å². The summed E-state index contributed by atoms with van der Waals surface area (Å²) in [6, 6.07) is 7.43. The van der Waals surface area contributed by atoms with Gasteiger partial charge in [-0.3, -0.25) is 4.79 Å². The second-order valence-corrected chi connectivity index (χ2v) is 6.45. The minimum atomic E-state index is -0.111. The van der Waals surface area contributed by atoms with Crippen LogP contribution < -0.4 is 0 Å². The summed E-state index contributed by atoms with van der Waals surface area (Å²) in [4.78, 5) is 14.4. The van der Waals surface area contributed by atoms with Gasteiger partial charge in [0.2, 0.25) is 0 Å². The fourth-order valence-electron chi connectivity index (χ4n) is 3.19. The molecule has 1 aromatic heterocycles. The largest absolute Gasteiger partial charge is 0.449 e. The average Bonchev–Trinajstić information content (AvgIpc) is 2.99. The fourth-order valence-corrected chi connectivity index (χ4v) is 3.41. The summed E-state index contributed by atoms with van der Waals surface area (Å²) in [5.74, 6) is 0.597. The first-order valence-corrected chi connectivity index (χ1v) is 8.04. The topological polar surface area (TPSA) is 53.7 Å². The van der Waals surface area contributed by atoms with E-state index in [2.05, 4.69) is 0 Å². The predicted molar refractivity (Wildman–Crippen MR) is 86.1 cm³/mol. The Bertz CT molecular complexity index is 674. The van der Waals surface area contributed by atoms with E-state index in [0.717, 1.165) is 31.1 Å². The lowest BCUT2D eigenvalue weighted by molar-refractivity contribution is 0.0624. The van der Waals surface area contributed by atoms with Crippen LogP contribution in [0.4, 0.5) is 0 Å². The van der Waals surface area contributed by atoms with Gasteiger partial charge in [-0.05, 0) is 43.7 Å². The number of amides is 1. The van der Waals surface area contributed by atoms with Gasteiger partial charge in [-0.25, -0.2) is 0 Å². The second kappa shape index (κ2) is 6.31. The number of carbonyl (C=O) groups excluding carboxylic acids is 1. The van der Waals surface area contributed by atoms with Crippen molar-refractivity contribution < 1.29 is 14.3 Å². The van der Waals surface area contributed by atoms with Crippen molar-refractivity contribution in [3.8, 4) is 0 Å². The highest BCUT2D eigenvalue weighted by Gasteiger charge is 2.28. The molecular weight excluding hydrogens is 302 g/mol. The number of benzene rings is 1. The van der Waals surface area contributed by atoms with E-state index in [1.165, 1.54) is 0 Å². The molecule has 118 valence electrons. The van der Waals surface area contributed by atoms with Gasteiger partial charge in [0, 0.05) is 25.1 Å². The number of fused-ring (bicyclic) bond motifs is 1. The highest BCUT2D eigenvalue weighted by molar-refractivity contribution is 6.34. The molecule has 1 aromatic carbocycles. The van der Waals surface area contributed by atoms with E-state index in [1.54, 1.807) is 17.0 Å². The molecule has 4 nitrogen and oxygen atoms in total. The van der Waals surface area contributed by atoms with Crippen molar-refractivity contribution in [2.75, 3.05) is 13.7 Å². The highest BCUT2D eigenvalue weighted by atomic mass is 35.5. The minimum absolute atomic E-state index is 0.111. The summed E-state index contributed by atoms with van der Waals surface area (Å²) < 4.78 is 5.65. The summed E-state index contributed by atoms with van der Waals surface area (Å²) in [5.41, 5.74) is 0.560.